The van der Waals surface area contributed by atoms with Gasteiger partial charge in [0.15, 0.2) is 0 Å². The summed E-state index contributed by atoms with van der Waals surface area (Å²) < 4.78 is 5.32. The molecule has 2 N–H and O–H groups in total. The van der Waals surface area contributed by atoms with Crippen molar-refractivity contribution in [2.24, 2.45) is 17.3 Å². The molecule has 2 atom stereocenters. The third-order valence-electron chi connectivity index (χ3n) is 4.32. The molecule has 1 amide bonds. The maximum Gasteiger partial charge on any atom is 0.227 e. The molecule has 0 saturated carbocycles. The largest absolute Gasteiger partial charge is 0.381 e. The van der Waals surface area contributed by atoms with Gasteiger partial charge in [-0.2, -0.15) is 0 Å². The molecule has 2 aliphatic rings. The van der Waals surface area contributed by atoms with Crippen LogP contribution < -0.4 is 10.6 Å². The van der Waals surface area contributed by atoms with Gasteiger partial charge in [-0.05, 0) is 25.3 Å². The van der Waals surface area contributed by atoms with E-state index in [9.17, 15) is 4.79 Å². The van der Waals surface area contributed by atoms with Crippen LogP contribution in [-0.2, 0) is 9.53 Å². The average molecular weight is 240 g/mol. The van der Waals surface area contributed by atoms with E-state index < -0.39 is 0 Å². The highest BCUT2D eigenvalue weighted by Gasteiger charge is 2.43. The Morgan fingerprint density at radius 1 is 1.59 bits per heavy atom. The summed E-state index contributed by atoms with van der Waals surface area (Å²) in [6, 6.07) is 0. The van der Waals surface area contributed by atoms with Crippen molar-refractivity contribution in [3.05, 3.63) is 0 Å². The van der Waals surface area contributed by atoms with E-state index >= 15 is 0 Å². The second-order valence-corrected chi connectivity index (χ2v) is 5.68. The number of carbonyl (C=O) groups is 1. The van der Waals surface area contributed by atoms with Crippen molar-refractivity contribution in [2.75, 3.05) is 32.8 Å². The zero-order chi connectivity index (χ0) is 12.3. The molecule has 4 nitrogen and oxygen atoms in total. The highest BCUT2D eigenvalue weighted by molar-refractivity contribution is 5.83. The Kier molecular flexibility index (Phi) is 4.05. The predicted molar refractivity (Wildman–Crippen MR) is 66.7 cm³/mol. The first-order chi connectivity index (χ1) is 8.15. The summed E-state index contributed by atoms with van der Waals surface area (Å²) in [5.74, 6) is 1.12. The van der Waals surface area contributed by atoms with Crippen LogP contribution in [0, 0.1) is 17.3 Å². The van der Waals surface area contributed by atoms with Crippen LogP contribution in [0.3, 0.4) is 0 Å². The summed E-state index contributed by atoms with van der Waals surface area (Å²) in [5.41, 5.74) is -0.195. The van der Waals surface area contributed by atoms with Crippen molar-refractivity contribution in [3.63, 3.8) is 0 Å². The Morgan fingerprint density at radius 2 is 2.41 bits per heavy atom. The quantitative estimate of drug-likeness (QED) is 0.763. The van der Waals surface area contributed by atoms with E-state index in [1.165, 1.54) is 0 Å². The average Bonchev–Trinajstić information content (AvgIpc) is 2.97. The Bertz CT molecular complexity index is 267. The lowest BCUT2D eigenvalue weighted by molar-refractivity contribution is -0.132. The van der Waals surface area contributed by atoms with Gasteiger partial charge >= 0.3 is 0 Å². The lowest BCUT2D eigenvalue weighted by Crippen LogP contribution is -2.47. The van der Waals surface area contributed by atoms with Gasteiger partial charge in [0.2, 0.25) is 5.91 Å². The number of ether oxygens (including phenoxy) is 1. The first-order valence-electron chi connectivity index (χ1n) is 6.72. The first-order valence-corrected chi connectivity index (χ1v) is 6.72. The summed E-state index contributed by atoms with van der Waals surface area (Å²) in [5, 5.41) is 6.45. The third-order valence-corrected chi connectivity index (χ3v) is 4.32. The van der Waals surface area contributed by atoms with Crippen molar-refractivity contribution in [2.45, 2.75) is 26.7 Å². The summed E-state index contributed by atoms with van der Waals surface area (Å²) in [4.78, 5) is 12.4. The maximum absolute atomic E-state index is 12.4. The van der Waals surface area contributed by atoms with Gasteiger partial charge in [-0.15, -0.1) is 0 Å². The van der Waals surface area contributed by atoms with Gasteiger partial charge in [-0.3, -0.25) is 4.79 Å². The van der Waals surface area contributed by atoms with Crippen LogP contribution >= 0.6 is 0 Å². The summed E-state index contributed by atoms with van der Waals surface area (Å²) in [7, 11) is 0. The number of hydrogen-bond acceptors (Lipinski definition) is 3. The van der Waals surface area contributed by atoms with E-state index in [4.69, 9.17) is 4.74 Å². The smallest absolute Gasteiger partial charge is 0.227 e. The number of carbonyl (C=O) groups excluding carboxylic acids is 1. The van der Waals surface area contributed by atoms with Crippen molar-refractivity contribution < 1.29 is 9.53 Å². The number of hydrogen-bond donors (Lipinski definition) is 2. The summed E-state index contributed by atoms with van der Waals surface area (Å²) >= 11 is 0. The molecule has 2 fully saturated rings. The molecule has 0 aromatic heterocycles. The highest BCUT2D eigenvalue weighted by Crippen LogP contribution is 2.34. The van der Waals surface area contributed by atoms with Crippen LogP contribution in [0.2, 0.25) is 0 Å². The fourth-order valence-electron chi connectivity index (χ4n) is 2.82. The fraction of sp³-hybridized carbons (Fsp3) is 0.923. The van der Waals surface area contributed by atoms with Crippen molar-refractivity contribution in [1.29, 1.82) is 0 Å². The lowest BCUT2D eigenvalue weighted by Gasteiger charge is -2.31. The van der Waals surface area contributed by atoms with Gasteiger partial charge < -0.3 is 15.4 Å². The third kappa shape index (κ3) is 2.63. The highest BCUT2D eigenvalue weighted by atomic mass is 16.5. The molecule has 0 aromatic rings. The SMILES string of the molecule is CC(C)C1(C(=O)NCC2CCOC2)CCNC1. The summed E-state index contributed by atoms with van der Waals surface area (Å²) in [6.07, 6.45) is 2.03. The van der Waals surface area contributed by atoms with Crippen molar-refractivity contribution in [1.82, 2.24) is 10.6 Å². The molecule has 0 spiro atoms. The minimum Gasteiger partial charge on any atom is -0.381 e. The number of amides is 1. The molecule has 17 heavy (non-hydrogen) atoms. The minimum atomic E-state index is -0.195. The van der Waals surface area contributed by atoms with Crippen LogP contribution in [0.4, 0.5) is 0 Å². The van der Waals surface area contributed by atoms with Gasteiger partial charge in [0.1, 0.15) is 0 Å². The molecule has 2 heterocycles. The zero-order valence-electron chi connectivity index (χ0n) is 10.9. The summed E-state index contributed by atoms with van der Waals surface area (Å²) in [6.45, 7) is 8.48. The standard InChI is InChI=1S/C13H24N2O2/c1-10(2)13(4-5-14-9-13)12(16)15-7-11-3-6-17-8-11/h10-11,14H,3-9H2,1-2H3,(H,15,16). The van der Waals surface area contributed by atoms with Crippen LogP contribution in [-0.4, -0.2) is 38.8 Å². The van der Waals surface area contributed by atoms with Crippen LogP contribution in [0.15, 0.2) is 0 Å². The first kappa shape index (κ1) is 12.8. The predicted octanol–water partition coefficient (Wildman–Crippen LogP) is 0.775. The fourth-order valence-corrected chi connectivity index (χ4v) is 2.82. The Balaban J connectivity index is 1.88. The Morgan fingerprint density at radius 3 is 2.94 bits per heavy atom. The van der Waals surface area contributed by atoms with Gasteiger partial charge in [0, 0.05) is 25.6 Å². The van der Waals surface area contributed by atoms with Crippen LogP contribution in [0.1, 0.15) is 26.7 Å². The molecule has 0 aliphatic carbocycles. The molecule has 2 rings (SSSR count). The van der Waals surface area contributed by atoms with E-state index in [1.807, 2.05) is 0 Å². The molecule has 0 radical (unpaired) electrons. The van der Waals surface area contributed by atoms with Crippen molar-refractivity contribution in [3.8, 4) is 0 Å². The molecule has 4 heteroatoms. The number of nitrogens with one attached hydrogen (secondary N) is 2. The van der Waals surface area contributed by atoms with E-state index in [2.05, 4.69) is 24.5 Å². The van der Waals surface area contributed by atoms with E-state index in [0.717, 1.165) is 45.7 Å². The second kappa shape index (κ2) is 5.36. The lowest BCUT2D eigenvalue weighted by atomic mass is 9.75. The molecule has 0 bridgehead atoms. The van der Waals surface area contributed by atoms with Gasteiger partial charge in [0.25, 0.3) is 0 Å². The molecule has 2 unspecified atom stereocenters. The molecular weight excluding hydrogens is 216 g/mol. The molecule has 98 valence electrons. The van der Waals surface area contributed by atoms with Crippen molar-refractivity contribution >= 4 is 5.91 Å². The molecule has 2 saturated heterocycles. The van der Waals surface area contributed by atoms with Crippen LogP contribution in [0.25, 0.3) is 0 Å². The van der Waals surface area contributed by atoms with Crippen LogP contribution in [0.5, 0.6) is 0 Å². The topological polar surface area (TPSA) is 50.4 Å². The monoisotopic (exact) mass is 240 g/mol. The number of rotatable bonds is 4. The molecule has 0 aromatic carbocycles. The van der Waals surface area contributed by atoms with Gasteiger partial charge in [0.05, 0.1) is 12.0 Å². The Hall–Kier alpha value is -0.610. The van der Waals surface area contributed by atoms with E-state index in [0.29, 0.717) is 11.8 Å². The zero-order valence-corrected chi connectivity index (χ0v) is 10.9. The molecule has 2 aliphatic heterocycles. The minimum absolute atomic E-state index is 0.195. The van der Waals surface area contributed by atoms with E-state index in [1.54, 1.807) is 0 Å². The van der Waals surface area contributed by atoms with Gasteiger partial charge in [-0.25, -0.2) is 0 Å². The maximum atomic E-state index is 12.4. The second-order valence-electron chi connectivity index (χ2n) is 5.68. The molecular formula is C13H24N2O2. The van der Waals surface area contributed by atoms with Gasteiger partial charge in [-0.1, -0.05) is 13.8 Å². The Labute approximate surface area is 103 Å². The van der Waals surface area contributed by atoms with E-state index in [-0.39, 0.29) is 11.3 Å². The normalized spacial score (nSPS) is 33.2.